The molecule has 1 saturated heterocycles. The summed E-state index contributed by atoms with van der Waals surface area (Å²) in [5.74, 6) is 0.957. The van der Waals surface area contributed by atoms with Crippen LogP contribution in [-0.4, -0.2) is 57.8 Å². The molecule has 1 aliphatic heterocycles. The highest BCUT2D eigenvalue weighted by molar-refractivity contribution is 5.92. The van der Waals surface area contributed by atoms with E-state index in [-0.39, 0.29) is 18.2 Å². The quantitative estimate of drug-likeness (QED) is 0.418. The minimum absolute atomic E-state index is 0.192. The van der Waals surface area contributed by atoms with Crippen LogP contribution in [-0.2, 0) is 20.0 Å². The number of hydrogen-bond acceptors (Lipinski definition) is 4. The van der Waals surface area contributed by atoms with Crippen LogP contribution in [0.25, 0.3) is 0 Å². The number of benzene rings is 2. The maximum absolute atomic E-state index is 13.3. The minimum atomic E-state index is -4.77. The summed E-state index contributed by atoms with van der Waals surface area (Å²) < 4.78 is 43.9. The smallest absolute Gasteiger partial charge is 0.406 e. The molecule has 2 aliphatic rings. The van der Waals surface area contributed by atoms with Gasteiger partial charge in [-0.1, -0.05) is 42.0 Å². The molecule has 0 radical (unpaired) electrons. The number of alkyl halides is 3. The Hall–Kier alpha value is -3.33. The fraction of sp³-hybridized carbons (Fsp3) is 0.429. The molecular formula is C28H31F3N4O2. The zero-order chi connectivity index (χ0) is 26.2. The zero-order valence-corrected chi connectivity index (χ0v) is 21.0. The number of aromatic nitrogens is 2. The molecule has 2 aromatic carbocycles. The largest absolute Gasteiger partial charge is 0.573 e. The highest BCUT2D eigenvalue weighted by atomic mass is 19.4. The van der Waals surface area contributed by atoms with E-state index in [1.807, 2.05) is 0 Å². The van der Waals surface area contributed by atoms with Gasteiger partial charge in [-0.3, -0.25) is 4.79 Å². The summed E-state index contributed by atoms with van der Waals surface area (Å²) in [4.78, 5) is 21.8. The predicted octanol–water partition coefficient (Wildman–Crippen LogP) is 4.69. The lowest BCUT2D eigenvalue weighted by molar-refractivity contribution is -0.274. The van der Waals surface area contributed by atoms with Gasteiger partial charge in [-0.15, -0.1) is 13.2 Å². The molecule has 0 bridgehead atoms. The Bertz CT molecular complexity index is 1230. The fourth-order valence-electron chi connectivity index (χ4n) is 5.45. The molecule has 1 aliphatic carbocycles. The second-order valence-corrected chi connectivity index (χ2v) is 10.3. The van der Waals surface area contributed by atoms with Gasteiger partial charge < -0.3 is 19.1 Å². The van der Waals surface area contributed by atoms with Crippen LogP contribution in [0.2, 0.25) is 0 Å². The molecule has 9 heteroatoms. The second-order valence-electron chi connectivity index (χ2n) is 10.3. The fourth-order valence-corrected chi connectivity index (χ4v) is 5.45. The van der Waals surface area contributed by atoms with Gasteiger partial charge in [0.15, 0.2) is 0 Å². The third-order valence-electron chi connectivity index (χ3n) is 7.43. The minimum Gasteiger partial charge on any atom is -0.406 e. The number of imidazole rings is 1. The first-order valence-electron chi connectivity index (χ1n) is 12.5. The Kier molecular flexibility index (Phi) is 6.98. The average molecular weight is 513 g/mol. The first kappa shape index (κ1) is 25.3. The van der Waals surface area contributed by atoms with E-state index in [0.29, 0.717) is 35.6 Å². The molecule has 0 N–H and O–H groups in total. The van der Waals surface area contributed by atoms with Gasteiger partial charge in [-0.25, -0.2) is 4.98 Å². The Balaban J connectivity index is 1.22. The zero-order valence-electron chi connectivity index (χ0n) is 21.0. The van der Waals surface area contributed by atoms with Crippen LogP contribution < -0.4 is 4.74 Å². The third kappa shape index (κ3) is 6.33. The van der Waals surface area contributed by atoms with Crippen LogP contribution in [0.4, 0.5) is 13.2 Å². The molecule has 2 fully saturated rings. The normalized spacial score (nSPS) is 21.1. The lowest BCUT2D eigenvalue weighted by Crippen LogP contribution is -2.35. The van der Waals surface area contributed by atoms with E-state index in [1.54, 1.807) is 35.1 Å². The number of hydrogen-bond donors (Lipinski definition) is 0. The molecule has 0 spiro atoms. The summed E-state index contributed by atoms with van der Waals surface area (Å²) in [7, 11) is 1.79. The van der Waals surface area contributed by atoms with Gasteiger partial charge in [0.25, 0.3) is 5.91 Å². The maximum Gasteiger partial charge on any atom is 0.573 e. The van der Waals surface area contributed by atoms with Crippen LogP contribution in [0.5, 0.6) is 5.75 Å². The maximum atomic E-state index is 13.3. The number of amides is 1. The summed E-state index contributed by atoms with van der Waals surface area (Å²) in [6.45, 7) is 5.89. The highest BCUT2D eigenvalue weighted by Gasteiger charge is 2.55. The van der Waals surface area contributed by atoms with E-state index in [4.69, 9.17) is 0 Å². The summed E-state index contributed by atoms with van der Waals surface area (Å²) in [5.41, 5.74) is 3.51. The van der Waals surface area contributed by atoms with Crippen LogP contribution in [0.1, 0.15) is 27.2 Å². The highest BCUT2D eigenvalue weighted by Crippen LogP contribution is 2.52. The first-order chi connectivity index (χ1) is 17.6. The Labute approximate surface area is 214 Å². The monoisotopic (exact) mass is 512 g/mol. The Morgan fingerprint density at radius 2 is 1.84 bits per heavy atom. The number of aryl methyl sites for hydroxylation is 2. The van der Waals surface area contributed by atoms with Crippen molar-refractivity contribution in [2.75, 3.05) is 26.2 Å². The summed E-state index contributed by atoms with van der Waals surface area (Å²) >= 11 is 0. The Morgan fingerprint density at radius 1 is 1.11 bits per heavy atom. The number of ether oxygens (including phenoxy) is 1. The van der Waals surface area contributed by atoms with Crippen LogP contribution in [0, 0.1) is 24.7 Å². The molecule has 2 atom stereocenters. The van der Waals surface area contributed by atoms with E-state index in [0.717, 1.165) is 26.1 Å². The van der Waals surface area contributed by atoms with Gasteiger partial charge in [-0.2, -0.15) is 0 Å². The summed E-state index contributed by atoms with van der Waals surface area (Å²) in [5, 5.41) is 0. The van der Waals surface area contributed by atoms with Crippen LogP contribution >= 0.6 is 0 Å². The average Bonchev–Trinajstić information content (AvgIpc) is 3.16. The number of fused-ring (bicyclic) bond motifs is 1. The summed E-state index contributed by atoms with van der Waals surface area (Å²) in [6.07, 6.45) is -0.510. The topological polar surface area (TPSA) is 50.6 Å². The van der Waals surface area contributed by atoms with Crippen molar-refractivity contribution in [3.63, 3.8) is 0 Å². The number of halogens is 3. The van der Waals surface area contributed by atoms with E-state index < -0.39 is 6.36 Å². The number of rotatable bonds is 9. The number of likely N-dealkylation sites (tertiary alicyclic amines) is 1. The number of piperidine rings is 1. The lowest BCUT2D eigenvalue weighted by atomic mass is 10.1. The van der Waals surface area contributed by atoms with Gasteiger partial charge in [0.1, 0.15) is 11.4 Å². The molecule has 1 aromatic heterocycles. The van der Waals surface area contributed by atoms with Gasteiger partial charge in [0.05, 0.1) is 6.33 Å². The van der Waals surface area contributed by atoms with Crippen molar-refractivity contribution < 1.29 is 22.7 Å². The lowest BCUT2D eigenvalue weighted by Gasteiger charge is -2.25. The van der Waals surface area contributed by atoms with Gasteiger partial charge in [-0.05, 0) is 54.4 Å². The van der Waals surface area contributed by atoms with Crippen molar-refractivity contribution in [1.29, 1.82) is 0 Å². The first-order valence-corrected chi connectivity index (χ1v) is 12.5. The predicted molar refractivity (Wildman–Crippen MR) is 133 cm³/mol. The van der Waals surface area contributed by atoms with Crippen molar-refractivity contribution in [3.05, 3.63) is 83.4 Å². The Morgan fingerprint density at radius 3 is 2.49 bits per heavy atom. The molecule has 6 nitrogen and oxygen atoms in total. The summed E-state index contributed by atoms with van der Waals surface area (Å²) in [6, 6.07) is 14.5. The third-order valence-corrected chi connectivity index (χ3v) is 7.43. The molecule has 1 saturated carbocycles. The molecule has 1 amide bonds. The standard InChI is InChI=1S/C28H31F3N4O2/c1-19-6-8-20(9-7-19)10-11-34-14-23-24(15-34)25(23)16-35(27(36)26-17-33(2)18-32-26)13-21-4-3-5-22(12-21)37-28(29,30)31/h3-9,12,17-18,23-25H,10-11,13-16H2,1-2H3. The number of nitrogens with zero attached hydrogens (tertiary/aromatic N) is 4. The number of carbonyl (C=O) groups excluding carboxylic acids is 1. The van der Waals surface area contributed by atoms with Crippen molar-refractivity contribution in [3.8, 4) is 5.75 Å². The van der Waals surface area contributed by atoms with Crippen molar-refractivity contribution in [1.82, 2.24) is 19.4 Å². The van der Waals surface area contributed by atoms with Gasteiger partial charge >= 0.3 is 6.36 Å². The van der Waals surface area contributed by atoms with E-state index in [2.05, 4.69) is 45.8 Å². The molecule has 2 heterocycles. The molecule has 37 heavy (non-hydrogen) atoms. The van der Waals surface area contributed by atoms with Crippen LogP contribution in [0.3, 0.4) is 0 Å². The van der Waals surface area contributed by atoms with Crippen molar-refractivity contribution in [2.45, 2.75) is 26.3 Å². The van der Waals surface area contributed by atoms with Gasteiger partial charge in [0.2, 0.25) is 0 Å². The van der Waals surface area contributed by atoms with Crippen molar-refractivity contribution >= 4 is 5.91 Å². The second kappa shape index (κ2) is 10.2. The van der Waals surface area contributed by atoms with E-state index >= 15 is 0 Å². The molecule has 3 aromatic rings. The molecular weight excluding hydrogens is 481 g/mol. The van der Waals surface area contributed by atoms with Gasteiger partial charge in [0, 0.05) is 46.0 Å². The van der Waals surface area contributed by atoms with Crippen molar-refractivity contribution in [2.24, 2.45) is 24.8 Å². The van der Waals surface area contributed by atoms with E-state index in [9.17, 15) is 18.0 Å². The van der Waals surface area contributed by atoms with Crippen LogP contribution in [0.15, 0.2) is 61.1 Å². The SMILES string of the molecule is Cc1ccc(CCN2CC3C(C2)C3CN(Cc2cccc(OC(F)(F)F)c2)C(=O)c2cn(C)cn2)cc1. The molecule has 2 unspecified atom stereocenters. The number of carbonyl (C=O) groups is 1. The molecule has 5 rings (SSSR count). The molecule has 196 valence electrons. The van der Waals surface area contributed by atoms with E-state index in [1.165, 1.54) is 29.3 Å².